The van der Waals surface area contributed by atoms with Crippen molar-refractivity contribution in [2.24, 2.45) is 11.1 Å². The average Bonchev–Trinajstić information content (AvgIpc) is 2.60. The number of ether oxygens (including phenoxy) is 2. The first kappa shape index (κ1) is 20.2. The van der Waals surface area contributed by atoms with Gasteiger partial charge in [0.1, 0.15) is 0 Å². The molecule has 26 heavy (non-hydrogen) atoms. The lowest BCUT2D eigenvalue weighted by Crippen LogP contribution is -2.54. The van der Waals surface area contributed by atoms with Gasteiger partial charge in [0.25, 0.3) is 0 Å². The second-order valence-electron chi connectivity index (χ2n) is 7.57. The predicted octanol–water partition coefficient (Wildman–Crippen LogP) is 2.64. The van der Waals surface area contributed by atoms with Gasteiger partial charge in [0.05, 0.1) is 13.7 Å². The number of carbonyl (C=O) groups is 2. The summed E-state index contributed by atoms with van der Waals surface area (Å²) in [5, 5.41) is 0. The number of amides is 1. The van der Waals surface area contributed by atoms with Crippen LogP contribution in [0.4, 0.5) is 0 Å². The molecule has 0 saturated carbocycles. The van der Waals surface area contributed by atoms with Crippen molar-refractivity contribution in [1.29, 1.82) is 0 Å². The molecule has 1 aromatic rings. The Labute approximate surface area is 155 Å². The molecule has 1 atom stereocenters. The quantitative estimate of drug-likeness (QED) is 0.596. The third-order valence-corrected chi connectivity index (χ3v) is 5.03. The van der Waals surface area contributed by atoms with E-state index in [2.05, 4.69) is 13.8 Å². The number of Topliss-reactive ketones (excluding diaryl/α,β-unsaturated/α-hetero) is 1. The van der Waals surface area contributed by atoms with Crippen LogP contribution in [0.25, 0.3) is 0 Å². The zero-order valence-electron chi connectivity index (χ0n) is 16.2. The highest BCUT2D eigenvalue weighted by Crippen LogP contribution is 2.29. The van der Waals surface area contributed by atoms with Gasteiger partial charge >= 0.3 is 0 Å². The monoisotopic (exact) mass is 362 g/mol. The van der Waals surface area contributed by atoms with Crippen molar-refractivity contribution < 1.29 is 19.1 Å². The molecule has 1 amide bonds. The molecule has 2 rings (SSSR count). The number of likely N-dealkylation sites (tertiary alicyclic amines) is 1. The fourth-order valence-electron chi connectivity index (χ4n) is 3.16. The number of nitrogens with two attached hydrogens (primary N) is 1. The average molecular weight is 362 g/mol. The first-order valence-corrected chi connectivity index (χ1v) is 9.09. The van der Waals surface area contributed by atoms with E-state index in [-0.39, 0.29) is 23.1 Å². The van der Waals surface area contributed by atoms with E-state index < -0.39 is 0 Å². The minimum Gasteiger partial charge on any atom is -0.493 e. The minimum absolute atomic E-state index is 0.0235. The Morgan fingerprint density at radius 2 is 2.04 bits per heavy atom. The Bertz CT molecular complexity index is 657. The van der Waals surface area contributed by atoms with E-state index in [1.807, 2.05) is 4.90 Å². The molecule has 0 aromatic heterocycles. The maximum Gasteiger partial charge on any atom is 0.222 e. The summed E-state index contributed by atoms with van der Waals surface area (Å²) < 4.78 is 11.0. The van der Waals surface area contributed by atoms with Crippen molar-refractivity contribution >= 4 is 11.7 Å². The van der Waals surface area contributed by atoms with E-state index in [0.29, 0.717) is 43.1 Å². The minimum atomic E-state index is -0.0454. The number of rotatable bonds is 7. The summed E-state index contributed by atoms with van der Waals surface area (Å²) in [6.07, 6.45) is 1.91. The molecule has 1 heterocycles. The summed E-state index contributed by atoms with van der Waals surface area (Å²) in [6, 6.07) is 5.25. The molecular formula is C20H30N2O4. The van der Waals surface area contributed by atoms with Crippen LogP contribution in [0, 0.1) is 5.41 Å². The van der Waals surface area contributed by atoms with Gasteiger partial charge in [-0.25, -0.2) is 0 Å². The van der Waals surface area contributed by atoms with Crippen molar-refractivity contribution in [2.75, 3.05) is 26.8 Å². The summed E-state index contributed by atoms with van der Waals surface area (Å²) in [5.41, 5.74) is 6.66. The normalized spacial score (nSPS) is 19.1. The van der Waals surface area contributed by atoms with E-state index in [1.54, 1.807) is 25.3 Å². The number of carbonyl (C=O) groups excluding carboxylic acids is 2. The molecule has 1 fully saturated rings. The van der Waals surface area contributed by atoms with Gasteiger partial charge in [-0.15, -0.1) is 0 Å². The van der Waals surface area contributed by atoms with E-state index in [4.69, 9.17) is 15.2 Å². The Kier molecular flexibility index (Phi) is 6.64. The van der Waals surface area contributed by atoms with Crippen LogP contribution in [0.15, 0.2) is 18.2 Å². The Morgan fingerprint density at radius 1 is 1.31 bits per heavy atom. The van der Waals surface area contributed by atoms with Gasteiger partial charge in [-0.1, -0.05) is 13.8 Å². The largest absolute Gasteiger partial charge is 0.493 e. The van der Waals surface area contributed by atoms with Crippen LogP contribution >= 0.6 is 0 Å². The number of hydrogen-bond acceptors (Lipinski definition) is 5. The lowest BCUT2D eigenvalue weighted by atomic mass is 9.79. The molecule has 0 radical (unpaired) electrons. The van der Waals surface area contributed by atoms with E-state index in [1.165, 1.54) is 6.92 Å². The maximum absolute atomic E-state index is 12.4. The zero-order valence-corrected chi connectivity index (χ0v) is 16.2. The molecule has 2 N–H and O–H groups in total. The van der Waals surface area contributed by atoms with Crippen LogP contribution in [-0.4, -0.2) is 49.4 Å². The number of piperidine rings is 1. The van der Waals surface area contributed by atoms with Crippen molar-refractivity contribution in [3.8, 4) is 11.5 Å². The van der Waals surface area contributed by atoms with Crippen molar-refractivity contribution in [1.82, 2.24) is 4.90 Å². The van der Waals surface area contributed by atoms with E-state index in [9.17, 15) is 9.59 Å². The topological polar surface area (TPSA) is 81.9 Å². The molecule has 0 aliphatic carbocycles. The van der Waals surface area contributed by atoms with Gasteiger partial charge in [-0.3, -0.25) is 9.59 Å². The molecule has 0 bridgehead atoms. The molecule has 144 valence electrons. The summed E-state index contributed by atoms with van der Waals surface area (Å²) >= 11 is 0. The molecule has 1 aliphatic heterocycles. The summed E-state index contributed by atoms with van der Waals surface area (Å²) in [6.45, 7) is 7.57. The highest BCUT2D eigenvalue weighted by molar-refractivity contribution is 5.94. The summed E-state index contributed by atoms with van der Waals surface area (Å²) in [7, 11) is 1.54. The van der Waals surface area contributed by atoms with E-state index in [0.717, 1.165) is 13.0 Å². The lowest BCUT2D eigenvalue weighted by molar-refractivity contribution is -0.134. The van der Waals surface area contributed by atoms with Crippen LogP contribution in [0.3, 0.4) is 0 Å². The third kappa shape index (κ3) is 4.97. The smallest absolute Gasteiger partial charge is 0.222 e. The SMILES string of the molecule is COc1cc(C(C)=O)ccc1OCCCC(=O)N1CCC(N)C(C)(C)C1. The van der Waals surface area contributed by atoms with Crippen molar-refractivity contribution in [3.63, 3.8) is 0 Å². The Hall–Kier alpha value is -2.08. The fraction of sp³-hybridized carbons (Fsp3) is 0.600. The van der Waals surface area contributed by atoms with Crippen molar-refractivity contribution in [3.05, 3.63) is 23.8 Å². The molecule has 6 heteroatoms. The predicted molar refractivity (Wildman–Crippen MR) is 101 cm³/mol. The van der Waals surface area contributed by atoms with Gasteiger partial charge in [0, 0.05) is 31.1 Å². The number of ketones is 1. The second-order valence-corrected chi connectivity index (χ2v) is 7.57. The number of nitrogens with zero attached hydrogens (tertiary/aromatic N) is 1. The first-order chi connectivity index (χ1) is 12.2. The maximum atomic E-state index is 12.4. The van der Waals surface area contributed by atoms with Gasteiger partial charge in [-0.05, 0) is 43.4 Å². The molecule has 6 nitrogen and oxygen atoms in total. The van der Waals surface area contributed by atoms with Crippen LogP contribution in [0.1, 0.15) is 50.4 Å². The summed E-state index contributed by atoms with van der Waals surface area (Å²) in [5.74, 6) is 1.22. The van der Waals surface area contributed by atoms with Crippen LogP contribution in [0.5, 0.6) is 11.5 Å². The first-order valence-electron chi connectivity index (χ1n) is 9.09. The Morgan fingerprint density at radius 3 is 2.65 bits per heavy atom. The number of hydrogen-bond donors (Lipinski definition) is 1. The Balaban J connectivity index is 1.82. The van der Waals surface area contributed by atoms with Crippen LogP contribution in [0.2, 0.25) is 0 Å². The second kappa shape index (κ2) is 8.54. The number of benzene rings is 1. The fourth-order valence-corrected chi connectivity index (χ4v) is 3.16. The van der Waals surface area contributed by atoms with Crippen molar-refractivity contribution in [2.45, 2.75) is 46.1 Å². The van der Waals surface area contributed by atoms with Gasteiger partial charge in [-0.2, -0.15) is 0 Å². The molecule has 0 spiro atoms. The third-order valence-electron chi connectivity index (χ3n) is 5.03. The van der Waals surface area contributed by atoms with Gasteiger partial charge < -0.3 is 20.1 Å². The highest BCUT2D eigenvalue weighted by Gasteiger charge is 2.34. The zero-order chi connectivity index (χ0) is 19.3. The molecule has 1 aromatic carbocycles. The lowest BCUT2D eigenvalue weighted by Gasteiger charge is -2.42. The standard InChI is InChI=1S/C20H30N2O4/c1-14(23)15-7-8-16(17(12-15)25-4)26-11-5-6-19(24)22-10-9-18(21)20(2,3)13-22/h7-8,12,18H,5-6,9-11,13,21H2,1-4H3. The van der Waals surface area contributed by atoms with Gasteiger partial charge in [0.2, 0.25) is 5.91 Å². The molecule has 1 aliphatic rings. The van der Waals surface area contributed by atoms with Gasteiger partial charge in [0.15, 0.2) is 17.3 Å². The molecular weight excluding hydrogens is 332 g/mol. The highest BCUT2D eigenvalue weighted by atomic mass is 16.5. The van der Waals surface area contributed by atoms with Crippen LogP contribution in [-0.2, 0) is 4.79 Å². The molecule has 1 unspecified atom stereocenters. The van der Waals surface area contributed by atoms with E-state index >= 15 is 0 Å². The summed E-state index contributed by atoms with van der Waals surface area (Å²) in [4.78, 5) is 25.8. The molecule has 1 saturated heterocycles. The van der Waals surface area contributed by atoms with Crippen LogP contribution < -0.4 is 15.2 Å². The number of methoxy groups -OCH3 is 1.